The molecule has 1 atom stereocenters. The van der Waals surface area contributed by atoms with E-state index in [1.807, 2.05) is 28.8 Å². The van der Waals surface area contributed by atoms with Crippen LogP contribution in [0.15, 0.2) is 23.8 Å². The number of rotatable bonds is 10. The first-order chi connectivity index (χ1) is 15.4. The van der Waals surface area contributed by atoms with E-state index in [-0.39, 0.29) is 11.9 Å². The van der Waals surface area contributed by atoms with Crippen LogP contribution in [0.5, 0.6) is 0 Å². The van der Waals surface area contributed by atoms with Crippen LogP contribution < -0.4 is 5.32 Å². The highest BCUT2D eigenvalue weighted by molar-refractivity contribution is 6.11. The molecule has 176 valence electrons. The minimum absolute atomic E-state index is 0.0814. The zero-order valence-electron chi connectivity index (χ0n) is 20.4. The fraction of sp³-hybridized carbons (Fsp3) is 0.640. The Morgan fingerprint density at radius 3 is 2.66 bits per heavy atom. The van der Waals surface area contributed by atoms with E-state index in [1.54, 1.807) is 6.08 Å². The van der Waals surface area contributed by atoms with Gasteiger partial charge in [-0.25, -0.2) is 4.68 Å². The van der Waals surface area contributed by atoms with Gasteiger partial charge in [-0.1, -0.05) is 31.9 Å². The predicted molar refractivity (Wildman–Crippen MR) is 132 cm³/mol. The number of carbonyl (C=O) groups excluding carboxylic acids is 1. The van der Waals surface area contributed by atoms with Crippen molar-refractivity contribution >= 4 is 17.4 Å². The number of hydrogen-bond acceptors (Lipinski definition) is 5. The molecule has 1 amide bonds. The van der Waals surface area contributed by atoms with Crippen LogP contribution in [0.25, 0.3) is 0 Å². The van der Waals surface area contributed by atoms with Crippen molar-refractivity contribution in [1.29, 1.82) is 5.41 Å². The molecule has 0 bridgehead atoms. The van der Waals surface area contributed by atoms with E-state index in [1.165, 1.54) is 24.8 Å². The van der Waals surface area contributed by atoms with Gasteiger partial charge < -0.3 is 15.6 Å². The Balaban J connectivity index is 1.69. The SMILES string of the molecule is CC/C(C)=C/C(=N)c1c(CC)nn(C2CCN(C(=O)C=CCN(C)C3CCC3)C2)c1NC. The highest BCUT2D eigenvalue weighted by atomic mass is 16.2. The van der Waals surface area contributed by atoms with Crippen molar-refractivity contribution in [2.75, 3.05) is 39.0 Å². The van der Waals surface area contributed by atoms with Gasteiger partial charge >= 0.3 is 0 Å². The van der Waals surface area contributed by atoms with Crippen molar-refractivity contribution < 1.29 is 4.79 Å². The summed E-state index contributed by atoms with van der Waals surface area (Å²) in [6, 6.07) is 0.804. The first-order valence-corrected chi connectivity index (χ1v) is 12.1. The number of hydrogen-bond donors (Lipinski definition) is 2. The Morgan fingerprint density at radius 1 is 1.31 bits per heavy atom. The van der Waals surface area contributed by atoms with Crippen molar-refractivity contribution in [3.8, 4) is 0 Å². The zero-order chi connectivity index (χ0) is 23.3. The summed E-state index contributed by atoms with van der Waals surface area (Å²) in [7, 11) is 4.03. The average Bonchev–Trinajstić information content (AvgIpc) is 3.36. The number of anilines is 1. The number of nitrogens with zero attached hydrogens (tertiary/aromatic N) is 4. The van der Waals surface area contributed by atoms with Gasteiger partial charge in [0.1, 0.15) is 5.82 Å². The van der Waals surface area contributed by atoms with Crippen LogP contribution in [0.4, 0.5) is 5.82 Å². The molecule has 1 aromatic rings. The molecule has 2 fully saturated rings. The molecule has 1 aliphatic heterocycles. The zero-order valence-corrected chi connectivity index (χ0v) is 20.4. The fourth-order valence-corrected chi connectivity index (χ4v) is 4.48. The molecule has 0 radical (unpaired) electrons. The maximum atomic E-state index is 12.7. The number of allylic oxidation sites excluding steroid dienone is 2. The van der Waals surface area contributed by atoms with Crippen molar-refractivity contribution in [1.82, 2.24) is 19.6 Å². The minimum atomic E-state index is 0.0814. The lowest BCUT2D eigenvalue weighted by atomic mass is 9.92. The molecule has 3 rings (SSSR count). The highest BCUT2D eigenvalue weighted by Gasteiger charge is 2.31. The Hall–Kier alpha value is -2.41. The number of likely N-dealkylation sites (tertiary alicyclic amines) is 1. The second kappa shape index (κ2) is 10.9. The summed E-state index contributed by atoms with van der Waals surface area (Å²) in [5.74, 6) is 0.960. The largest absolute Gasteiger partial charge is 0.373 e. The lowest BCUT2D eigenvalue weighted by Gasteiger charge is -2.33. The molecule has 1 unspecified atom stereocenters. The molecule has 7 nitrogen and oxygen atoms in total. The first kappa shape index (κ1) is 24.2. The van der Waals surface area contributed by atoms with Crippen molar-refractivity contribution in [3.63, 3.8) is 0 Å². The van der Waals surface area contributed by atoms with E-state index in [2.05, 4.69) is 38.0 Å². The molecule has 2 heterocycles. The van der Waals surface area contributed by atoms with Gasteiger partial charge in [0.25, 0.3) is 0 Å². The van der Waals surface area contributed by atoms with Gasteiger partial charge in [0.15, 0.2) is 0 Å². The molecule has 2 N–H and O–H groups in total. The lowest BCUT2D eigenvalue weighted by Crippen LogP contribution is -2.37. The summed E-state index contributed by atoms with van der Waals surface area (Å²) in [6.45, 7) is 8.45. The van der Waals surface area contributed by atoms with Gasteiger partial charge in [-0.05, 0) is 52.2 Å². The smallest absolute Gasteiger partial charge is 0.246 e. The van der Waals surface area contributed by atoms with Crippen LogP contribution in [0, 0.1) is 5.41 Å². The van der Waals surface area contributed by atoms with Crippen molar-refractivity contribution in [3.05, 3.63) is 35.1 Å². The van der Waals surface area contributed by atoms with Gasteiger partial charge in [-0.3, -0.25) is 9.69 Å². The van der Waals surface area contributed by atoms with E-state index < -0.39 is 0 Å². The molecule has 1 aromatic heterocycles. The normalized spacial score (nSPS) is 19.8. The Labute approximate surface area is 193 Å². The summed E-state index contributed by atoms with van der Waals surface area (Å²) in [5.41, 5.74) is 3.50. The van der Waals surface area contributed by atoms with Crippen LogP contribution in [0.3, 0.4) is 0 Å². The maximum Gasteiger partial charge on any atom is 0.246 e. The molecule has 32 heavy (non-hydrogen) atoms. The van der Waals surface area contributed by atoms with Crippen LogP contribution in [0.2, 0.25) is 0 Å². The third-order valence-corrected chi connectivity index (χ3v) is 6.95. The Kier molecular flexibility index (Phi) is 8.29. The van der Waals surface area contributed by atoms with Crippen LogP contribution >= 0.6 is 0 Å². The molecular formula is C25H40N6O. The van der Waals surface area contributed by atoms with E-state index in [9.17, 15) is 4.79 Å². The molecule has 2 aliphatic rings. The predicted octanol–water partition coefficient (Wildman–Crippen LogP) is 4.03. The van der Waals surface area contributed by atoms with Crippen molar-refractivity contribution in [2.24, 2.45) is 0 Å². The molecule has 0 spiro atoms. The standard InChI is InChI=1S/C25H40N6O/c1-6-18(3)16-21(26)24-22(7-2)28-31(25(24)27-4)20-13-15-30(17-20)23(32)12-9-14-29(5)19-10-8-11-19/h9,12,16,19-20,26-27H,6-8,10-11,13-15,17H2,1-5H3/b12-9?,18-16+,26-21?. The van der Waals surface area contributed by atoms with E-state index >= 15 is 0 Å². The van der Waals surface area contributed by atoms with Gasteiger partial charge in [-0.2, -0.15) is 5.10 Å². The second-order valence-electron chi connectivity index (χ2n) is 9.13. The summed E-state index contributed by atoms with van der Waals surface area (Å²) < 4.78 is 2.01. The fourth-order valence-electron chi connectivity index (χ4n) is 4.48. The molecule has 7 heteroatoms. The lowest BCUT2D eigenvalue weighted by molar-refractivity contribution is -0.125. The summed E-state index contributed by atoms with van der Waals surface area (Å²) in [4.78, 5) is 17.0. The van der Waals surface area contributed by atoms with Crippen LogP contribution in [-0.4, -0.2) is 71.0 Å². The third-order valence-electron chi connectivity index (χ3n) is 6.95. The summed E-state index contributed by atoms with van der Waals surface area (Å²) >= 11 is 0. The van der Waals surface area contributed by atoms with Crippen LogP contribution in [-0.2, 0) is 11.2 Å². The number of aromatic nitrogens is 2. The van der Waals surface area contributed by atoms with Gasteiger partial charge in [0.05, 0.1) is 23.0 Å². The summed E-state index contributed by atoms with van der Waals surface area (Å²) in [5, 5.41) is 16.8. The van der Waals surface area contributed by atoms with E-state index in [4.69, 9.17) is 10.5 Å². The Bertz CT molecular complexity index is 879. The third kappa shape index (κ3) is 5.31. The van der Waals surface area contributed by atoms with Gasteiger partial charge in [0.2, 0.25) is 5.91 Å². The number of nitrogens with one attached hydrogen (secondary N) is 2. The van der Waals surface area contributed by atoms with Crippen molar-refractivity contribution in [2.45, 2.75) is 71.4 Å². The van der Waals surface area contributed by atoms with Crippen LogP contribution in [0.1, 0.15) is 70.2 Å². The molecule has 1 saturated carbocycles. The summed E-state index contributed by atoms with van der Waals surface area (Å²) in [6.07, 6.45) is 12.1. The maximum absolute atomic E-state index is 12.7. The number of likely N-dealkylation sites (N-methyl/N-ethyl adjacent to an activating group) is 1. The first-order valence-electron chi connectivity index (χ1n) is 12.1. The number of amides is 1. The molecule has 1 aliphatic carbocycles. The van der Waals surface area contributed by atoms with Gasteiger partial charge in [-0.15, -0.1) is 0 Å². The molecule has 1 saturated heterocycles. The van der Waals surface area contributed by atoms with E-state index in [0.717, 1.165) is 49.4 Å². The number of carbonyl (C=O) groups is 1. The van der Waals surface area contributed by atoms with Gasteiger partial charge in [0, 0.05) is 38.8 Å². The molecular weight excluding hydrogens is 400 g/mol. The average molecular weight is 441 g/mol. The Morgan fingerprint density at radius 2 is 2.06 bits per heavy atom. The minimum Gasteiger partial charge on any atom is -0.373 e. The highest BCUT2D eigenvalue weighted by Crippen LogP contribution is 2.30. The monoisotopic (exact) mass is 440 g/mol. The topological polar surface area (TPSA) is 77.2 Å². The molecule has 0 aromatic carbocycles. The second-order valence-corrected chi connectivity index (χ2v) is 9.13. The number of aryl methyl sites for hydroxylation is 1. The quantitative estimate of drug-likeness (QED) is 0.425. The van der Waals surface area contributed by atoms with E-state index in [0.29, 0.717) is 18.3 Å².